The lowest BCUT2D eigenvalue weighted by Gasteiger charge is -2.11. The van der Waals surface area contributed by atoms with Gasteiger partial charge in [-0.2, -0.15) is 0 Å². The van der Waals surface area contributed by atoms with Crippen LogP contribution in [0.25, 0.3) is 0 Å². The lowest BCUT2D eigenvalue weighted by molar-refractivity contribution is 0.0491. The summed E-state index contributed by atoms with van der Waals surface area (Å²) in [6.07, 6.45) is -3.52. The van der Waals surface area contributed by atoms with Gasteiger partial charge in [0.05, 0.1) is 11.1 Å². The third-order valence-electron chi connectivity index (χ3n) is 4.14. The molecule has 0 amide bonds. The summed E-state index contributed by atoms with van der Waals surface area (Å²) in [7, 11) is 0. The molecule has 27 heavy (non-hydrogen) atoms. The van der Waals surface area contributed by atoms with Gasteiger partial charge in [-0.15, -0.1) is 0 Å². The molecule has 2 atom stereocenters. The highest BCUT2D eigenvalue weighted by Crippen LogP contribution is 2.35. The van der Waals surface area contributed by atoms with E-state index in [-0.39, 0.29) is 29.1 Å². The summed E-state index contributed by atoms with van der Waals surface area (Å²) in [6.45, 7) is 3.24. The van der Waals surface area contributed by atoms with E-state index in [2.05, 4.69) is 6.58 Å². The van der Waals surface area contributed by atoms with E-state index in [4.69, 9.17) is 9.47 Å². The summed E-state index contributed by atoms with van der Waals surface area (Å²) < 4.78 is 24.7. The zero-order valence-corrected chi connectivity index (χ0v) is 14.3. The maximum atomic E-state index is 14.4. The molecular formula is C21H17FO5. The van der Waals surface area contributed by atoms with Crippen molar-refractivity contribution < 1.29 is 28.6 Å². The molecule has 6 heteroatoms. The first-order chi connectivity index (χ1) is 13.0. The Labute approximate surface area is 155 Å². The second kappa shape index (κ2) is 7.97. The smallest absolute Gasteiger partial charge is 0.343 e. The van der Waals surface area contributed by atoms with Crippen molar-refractivity contribution >= 4 is 11.9 Å². The van der Waals surface area contributed by atoms with Crippen LogP contribution < -0.4 is 0 Å². The fraction of sp³-hybridized carbons (Fsp3) is 0.143. The molecule has 5 nitrogen and oxygen atoms in total. The molecule has 1 N–H and O–H groups in total. The third kappa shape index (κ3) is 3.96. The SMILES string of the molecule is C=C1C(COC(=O)c2ccccc2)=C(OC(=O)c2ccccc2)C(F)C1O. The van der Waals surface area contributed by atoms with Crippen LogP contribution in [0.1, 0.15) is 20.7 Å². The van der Waals surface area contributed by atoms with Crippen molar-refractivity contribution in [3.05, 3.63) is 95.3 Å². The first kappa shape index (κ1) is 18.5. The van der Waals surface area contributed by atoms with Crippen LogP contribution in [0.15, 0.2) is 84.1 Å². The Morgan fingerprint density at radius 1 is 0.963 bits per heavy atom. The monoisotopic (exact) mass is 368 g/mol. The molecule has 0 spiro atoms. The molecule has 0 radical (unpaired) electrons. The van der Waals surface area contributed by atoms with Gasteiger partial charge in [0.1, 0.15) is 12.7 Å². The van der Waals surface area contributed by atoms with Gasteiger partial charge in [0, 0.05) is 5.57 Å². The quantitative estimate of drug-likeness (QED) is 0.821. The predicted octanol–water partition coefficient (Wildman–Crippen LogP) is 3.22. The lowest BCUT2D eigenvalue weighted by Crippen LogP contribution is -2.21. The summed E-state index contributed by atoms with van der Waals surface area (Å²) in [6, 6.07) is 16.3. The van der Waals surface area contributed by atoms with Crippen LogP contribution in [0.3, 0.4) is 0 Å². The van der Waals surface area contributed by atoms with Gasteiger partial charge in [0.25, 0.3) is 0 Å². The molecule has 0 saturated heterocycles. The van der Waals surface area contributed by atoms with Crippen molar-refractivity contribution in [3.8, 4) is 0 Å². The van der Waals surface area contributed by atoms with Gasteiger partial charge in [-0.1, -0.05) is 43.0 Å². The van der Waals surface area contributed by atoms with Gasteiger partial charge in [0.15, 0.2) is 11.9 Å². The highest BCUT2D eigenvalue weighted by molar-refractivity contribution is 5.90. The fourth-order valence-electron chi connectivity index (χ4n) is 2.63. The van der Waals surface area contributed by atoms with Gasteiger partial charge < -0.3 is 14.6 Å². The number of alkyl halides is 1. The number of aliphatic hydroxyl groups excluding tert-OH is 1. The van der Waals surface area contributed by atoms with Crippen LogP contribution in [0.4, 0.5) is 4.39 Å². The maximum Gasteiger partial charge on any atom is 0.343 e. The number of ether oxygens (including phenoxy) is 2. The van der Waals surface area contributed by atoms with E-state index in [0.29, 0.717) is 5.56 Å². The number of carbonyl (C=O) groups excluding carboxylic acids is 2. The Morgan fingerprint density at radius 3 is 2.04 bits per heavy atom. The minimum absolute atomic E-state index is 0.0132. The molecule has 2 aromatic carbocycles. The highest BCUT2D eigenvalue weighted by atomic mass is 19.1. The normalized spacial score (nSPS) is 19.1. The standard InChI is InChI=1S/C21H17FO5/c1-13-16(12-26-20(24)14-8-4-2-5-9-14)19(17(22)18(13)23)27-21(25)15-10-6-3-7-11-15/h2-11,17-18,23H,1,12H2. The van der Waals surface area contributed by atoms with E-state index in [0.717, 1.165) is 0 Å². The van der Waals surface area contributed by atoms with Crippen molar-refractivity contribution in [1.29, 1.82) is 0 Å². The van der Waals surface area contributed by atoms with Crippen LogP contribution in [0.2, 0.25) is 0 Å². The van der Waals surface area contributed by atoms with Gasteiger partial charge in [-0.25, -0.2) is 14.0 Å². The van der Waals surface area contributed by atoms with Crippen molar-refractivity contribution in [1.82, 2.24) is 0 Å². The van der Waals surface area contributed by atoms with Crippen LogP contribution in [-0.4, -0.2) is 35.9 Å². The summed E-state index contributed by atoms with van der Waals surface area (Å²) >= 11 is 0. The zero-order valence-electron chi connectivity index (χ0n) is 14.3. The Bertz CT molecular complexity index is 889. The molecule has 0 aliphatic heterocycles. The second-order valence-electron chi connectivity index (χ2n) is 5.91. The molecule has 0 bridgehead atoms. The number of hydrogen-bond acceptors (Lipinski definition) is 5. The molecular weight excluding hydrogens is 351 g/mol. The number of benzene rings is 2. The fourth-order valence-corrected chi connectivity index (χ4v) is 2.63. The minimum atomic E-state index is -1.96. The number of aliphatic hydroxyl groups is 1. The van der Waals surface area contributed by atoms with E-state index < -0.39 is 24.2 Å². The Kier molecular flexibility index (Phi) is 5.47. The van der Waals surface area contributed by atoms with Crippen molar-refractivity contribution in [2.75, 3.05) is 6.61 Å². The number of rotatable bonds is 5. The Hall–Kier alpha value is -3.25. The molecule has 2 unspecified atom stereocenters. The minimum Gasteiger partial charge on any atom is -0.457 e. The first-order valence-electron chi connectivity index (χ1n) is 8.22. The molecule has 138 valence electrons. The van der Waals surface area contributed by atoms with E-state index in [9.17, 15) is 19.1 Å². The summed E-state index contributed by atoms with van der Waals surface area (Å²) in [5.41, 5.74) is 0.620. The summed E-state index contributed by atoms with van der Waals surface area (Å²) in [5.74, 6) is -1.79. The van der Waals surface area contributed by atoms with E-state index in [1.807, 2.05) is 0 Å². The predicted molar refractivity (Wildman–Crippen MR) is 95.7 cm³/mol. The van der Waals surface area contributed by atoms with Crippen molar-refractivity contribution in [3.63, 3.8) is 0 Å². The van der Waals surface area contributed by atoms with Crippen molar-refractivity contribution in [2.24, 2.45) is 0 Å². The van der Waals surface area contributed by atoms with Crippen LogP contribution in [0.5, 0.6) is 0 Å². The van der Waals surface area contributed by atoms with Crippen LogP contribution >= 0.6 is 0 Å². The van der Waals surface area contributed by atoms with Gasteiger partial charge in [0.2, 0.25) is 0 Å². The first-order valence-corrected chi connectivity index (χ1v) is 8.22. The Morgan fingerprint density at radius 2 is 1.48 bits per heavy atom. The molecule has 0 heterocycles. The van der Waals surface area contributed by atoms with Gasteiger partial charge in [-0.05, 0) is 29.8 Å². The molecule has 1 aliphatic rings. The molecule has 1 aliphatic carbocycles. The van der Waals surface area contributed by atoms with Crippen LogP contribution in [0, 0.1) is 0 Å². The van der Waals surface area contributed by atoms with E-state index in [1.165, 1.54) is 12.1 Å². The molecule has 0 saturated carbocycles. The second-order valence-corrected chi connectivity index (χ2v) is 5.91. The van der Waals surface area contributed by atoms with E-state index >= 15 is 0 Å². The van der Waals surface area contributed by atoms with Gasteiger partial charge in [-0.3, -0.25) is 0 Å². The highest BCUT2D eigenvalue weighted by Gasteiger charge is 2.40. The largest absolute Gasteiger partial charge is 0.457 e. The zero-order chi connectivity index (χ0) is 19.4. The molecule has 3 rings (SSSR count). The maximum absolute atomic E-state index is 14.4. The number of carbonyl (C=O) groups is 2. The third-order valence-corrected chi connectivity index (χ3v) is 4.14. The molecule has 0 aromatic heterocycles. The van der Waals surface area contributed by atoms with Crippen LogP contribution in [-0.2, 0) is 9.47 Å². The van der Waals surface area contributed by atoms with E-state index in [1.54, 1.807) is 48.5 Å². The summed E-state index contributed by atoms with van der Waals surface area (Å²) in [4.78, 5) is 24.3. The lowest BCUT2D eigenvalue weighted by atomic mass is 10.1. The Balaban J connectivity index is 1.79. The molecule has 2 aromatic rings. The average molecular weight is 368 g/mol. The number of esters is 2. The van der Waals surface area contributed by atoms with Gasteiger partial charge >= 0.3 is 11.9 Å². The average Bonchev–Trinajstić information content (AvgIpc) is 2.91. The molecule has 0 fully saturated rings. The number of hydrogen-bond donors (Lipinski definition) is 1. The summed E-state index contributed by atoms with van der Waals surface area (Å²) in [5, 5.41) is 9.92. The number of halogens is 1. The van der Waals surface area contributed by atoms with Crippen molar-refractivity contribution in [2.45, 2.75) is 12.3 Å². The topological polar surface area (TPSA) is 72.8 Å².